The molecule has 3 heterocycles. The van der Waals surface area contributed by atoms with E-state index in [4.69, 9.17) is 9.47 Å². The fraction of sp³-hybridized carbons (Fsp3) is 0.407. The van der Waals surface area contributed by atoms with Crippen LogP contribution in [0.15, 0.2) is 61.4 Å². The minimum atomic E-state index is -0.0530. The first kappa shape index (κ1) is 22.5. The number of nitrogens with one attached hydrogen (secondary N) is 1. The second-order valence-corrected chi connectivity index (χ2v) is 9.04. The summed E-state index contributed by atoms with van der Waals surface area (Å²) in [6.45, 7) is 7.79. The number of carbonyl (C=O) groups is 1. The molecule has 0 spiro atoms. The second-order valence-electron chi connectivity index (χ2n) is 9.04. The largest absolute Gasteiger partial charge is 0.486 e. The van der Waals surface area contributed by atoms with Gasteiger partial charge in [0.15, 0.2) is 11.5 Å². The van der Waals surface area contributed by atoms with Crippen LogP contribution < -0.4 is 14.8 Å². The lowest BCUT2D eigenvalue weighted by Gasteiger charge is -2.40. The van der Waals surface area contributed by atoms with Gasteiger partial charge >= 0.3 is 0 Å². The van der Waals surface area contributed by atoms with Crippen molar-refractivity contribution in [3.05, 3.63) is 67.0 Å². The van der Waals surface area contributed by atoms with Gasteiger partial charge in [-0.3, -0.25) is 9.69 Å². The Balaban J connectivity index is 1.21. The van der Waals surface area contributed by atoms with Crippen LogP contribution >= 0.6 is 0 Å². The van der Waals surface area contributed by atoms with Crippen molar-refractivity contribution >= 4 is 16.9 Å². The van der Waals surface area contributed by atoms with E-state index >= 15 is 0 Å². The SMILES string of the molecule is C=CCCC1C[C@H](NC(=O)c2ccc3c(c2)OCCO3)CCN1CCn1cnc2ccccc21. The van der Waals surface area contributed by atoms with Gasteiger partial charge in [0.25, 0.3) is 5.91 Å². The van der Waals surface area contributed by atoms with Gasteiger partial charge in [0.1, 0.15) is 13.2 Å². The van der Waals surface area contributed by atoms with Gasteiger partial charge in [0.05, 0.1) is 17.4 Å². The highest BCUT2D eigenvalue weighted by Crippen LogP contribution is 2.31. The molecule has 2 aliphatic heterocycles. The molecule has 3 aromatic rings. The van der Waals surface area contributed by atoms with E-state index in [2.05, 4.69) is 44.5 Å². The number of piperidine rings is 1. The lowest BCUT2D eigenvalue weighted by molar-refractivity contribution is 0.0843. The monoisotopic (exact) mass is 460 g/mol. The predicted octanol–water partition coefficient (Wildman–Crippen LogP) is 4.04. The third kappa shape index (κ3) is 4.94. The summed E-state index contributed by atoms with van der Waals surface area (Å²) < 4.78 is 13.4. The van der Waals surface area contributed by atoms with Gasteiger partial charge in [-0.25, -0.2) is 4.98 Å². The number of benzene rings is 2. The Kier molecular flexibility index (Phi) is 6.81. The Morgan fingerprint density at radius 3 is 2.88 bits per heavy atom. The highest BCUT2D eigenvalue weighted by Gasteiger charge is 2.29. The highest BCUT2D eigenvalue weighted by atomic mass is 16.6. The maximum atomic E-state index is 13.0. The highest BCUT2D eigenvalue weighted by molar-refractivity contribution is 5.95. The molecule has 2 aromatic carbocycles. The third-order valence-corrected chi connectivity index (χ3v) is 6.84. The van der Waals surface area contributed by atoms with E-state index < -0.39 is 0 Å². The van der Waals surface area contributed by atoms with Crippen LogP contribution in [0.4, 0.5) is 0 Å². The number of para-hydroxylation sites is 2. The zero-order chi connectivity index (χ0) is 23.3. The summed E-state index contributed by atoms with van der Waals surface area (Å²) in [6.07, 6.45) is 7.81. The summed E-state index contributed by atoms with van der Waals surface area (Å²) in [5, 5.41) is 3.26. The van der Waals surface area contributed by atoms with Gasteiger partial charge in [-0.2, -0.15) is 0 Å². The Morgan fingerprint density at radius 1 is 1.15 bits per heavy atom. The van der Waals surface area contributed by atoms with E-state index in [9.17, 15) is 4.79 Å². The number of amides is 1. The molecule has 178 valence electrons. The van der Waals surface area contributed by atoms with Crippen LogP contribution in [0.3, 0.4) is 0 Å². The Hall–Kier alpha value is -3.32. The number of rotatable bonds is 8. The Bertz CT molecular complexity index is 1160. The molecule has 1 aromatic heterocycles. The van der Waals surface area contributed by atoms with Crippen molar-refractivity contribution in [3.8, 4) is 11.5 Å². The van der Waals surface area contributed by atoms with Crippen LogP contribution in [0, 0.1) is 0 Å². The molecular weight excluding hydrogens is 428 g/mol. The number of fused-ring (bicyclic) bond motifs is 2. The number of nitrogens with zero attached hydrogens (tertiary/aromatic N) is 3. The number of carbonyl (C=O) groups excluding carboxylic acids is 1. The molecule has 0 aliphatic carbocycles. The van der Waals surface area contributed by atoms with Crippen molar-refractivity contribution in [2.75, 3.05) is 26.3 Å². The Labute approximate surface area is 200 Å². The number of likely N-dealkylation sites (tertiary alicyclic amines) is 1. The predicted molar refractivity (Wildman–Crippen MR) is 132 cm³/mol. The molecule has 0 bridgehead atoms. The molecule has 1 saturated heterocycles. The van der Waals surface area contributed by atoms with Crippen LogP contribution in [0.2, 0.25) is 0 Å². The lowest BCUT2D eigenvalue weighted by Crippen LogP contribution is -2.50. The van der Waals surface area contributed by atoms with Crippen molar-refractivity contribution in [1.82, 2.24) is 19.8 Å². The molecule has 2 atom stereocenters. The van der Waals surface area contributed by atoms with Gasteiger partial charge in [-0.1, -0.05) is 18.2 Å². The quantitative estimate of drug-likeness (QED) is 0.514. The average molecular weight is 461 g/mol. The molecule has 0 saturated carbocycles. The molecule has 7 heteroatoms. The molecule has 1 unspecified atom stereocenters. The number of aromatic nitrogens is 2. The van der Waals surface area contributed by atoms with Crippen LogP contribution in [-0.4, -0.2) is 58.7 Å². The standard InChI is InChI=1S/C27H32N4O3/c1-2-3-6-22-18-21(29-27(32)20-9-10-25-26(17-20)34-16-15-33-25)11-12-30(22)13-14-31-19-28-23-7-4-5-8-24(23)31/h2,4-5,7-10,17,19,21-22H,1,3,6,11-16,18H2,(H,29,32)/t21-,22?/m1/s1. The summed E-state index contributed by atoms with van der Waals surface area (Å²) in [5.74, 6) is 1.29. The van der Waals surface area contributed by atoms with Crippen molar-refractivity contribution in [2.45, 2.75) is 44.3 Å². The maximum Gasteiger partial charge on any atom is 0.251 e. The van der Waals surface area contributed by atoms with E-state index in [-0.39, 0.29) is 11.9 Å². The Morgan fingerprint density at radius 2 is 2.00 bits per heavy atom. The third-order valence-electron chi connectivity index (χ3n) is 6.84. The summed E-state index contributed by atoms with van der Waals surface area (Å²) in [6, 6.07) is 14.2. The molecule has 1 fully saturated rings. The van der Waals surface area contributed by atoms with Gasteiger partial charge in [0.2, 0.25) is 0 Å². The van der Waals surface area contributed by atoms with Gasteiger partial charge in [0, 0.05) is 37.3 Å². The summed E-state index contributed by atoms with van der Waals surface area (Å²) in [4.78, 5) is 20.0. The first-order valence-electron chi connectivity index (χ1n) is 12.2. The summed E-state index contributed by atoms with van der Waals surface area (Å²) in [7, 11) is 0. The fourth-order valence-corrected chi connectivity index (χ4v) is 5.01. The average Bonchev–Trinajstić information content (AvgIpc) is 3.29. The normalized spacial score (nSPS) is 20.2. The number of hydrogen-bond donors (Lipinski definition) is 1. The number of imidazole rings is 1. The molecule has 0 radical (unpaired) electrons. The zero-order valence-electron chi connectivity index (χ0n) is 19.5. The summed E-state index contributed by atoms with van der Waals surface area (Å²) >= 11 is 0. The molecule has 1 amide bonds. The first-order valence-corrected chi connectivity index (χ1v) is 12.2. The minimum Gasteiger partial charge on any atom is -0.486 e. The topological polar surface area (TPSA) is 68.6 Å². The zero-order valence-corrected chi connectivity index (χ0v) is 19.5. The molecule has 2 aliphatic rings. The number of hydrogen-bond acceptors (Lipinski definition) is 5. The van der Waals surface area contributed by atoms with Crippen LogP contribution in [0.1, 0.15) is 36.0 Å². The molecule has 34 heavy (non-hydrogen) atoms. The van der Waals surface area contributed by atoms with Gasteiger partial charge in [-0.05, 0) is 56.0 Å². The summed E-state index contributed by atoms with van der Waals surface area (Å²) in [5.41, 5.74) is 2.82. The van der Waals surface area contributed by atoms with E-state index in [1.165, 1.54) is 5.52 Å². The van der Waals surface area contributed by atoms with Crippen LogP contribution in [-0.2, 0) is 6.54 Å². The van der Waals surface area contributed by atoms with Gasteiger partial charge < -0.3 is 19.4 Å². The lowest BCUT2D eigenvalue weighted by atomic mass is 9.93. The maximum absolute atomic E-state index is 13.0. The van der Waals surface area contributed by atoms with Crippen molar-refractivity contribution < 1.29 is 14.3 Å². The first-order chi connectivity index (χ1) is 16.7. The molecular formula is C27H32N4O3. The van der Waals surface area contributed by atoms with E-state index in [1.807, 2.05) is 30.6 Å². The van der Waals surface area contributed by atoms with E-state index in [1.54, 1.807) is 6.07 Å². The minimum absolute atomic E-state index is 0.0530. The van der Waals surface area contributed by atoms with E-state index in [0.29, 0.717) is 36.3 Å². The van der Waals surface area contributed by atoms with E-state index in [0.717, 1.165) is 50.8 Å². The molecule has 7 nitrogen and oxygen atoms in total. The fourth-order valence-electron chi connectivity index (χ4n) is 5.01. The molecule has 1 N–H and O–H groups in total. The molecule has 5 rings (SSSR count). The van der Waals surface area contributed by atoms with Crippen molar-refractivity contribution in [3.63, 3.8) is 0 Å². The van der Waals surface area contributed by atoms with Crippen molar-refractivity contribution in [2.24, 2.45) is 0 Å². The smallest absolute Gasteiger partial charge is 0.251 e. The number of ether oxygens (including phenoxy) is 2. The van der Waals surface area contributed by atoms with Crippen LogP contribution in [0.5, 0.6) is 11.5 Å². The number of allylic oxidation sites excluding steroid dienone is 1. The van der Waals surface area contributed by atoms with Crippen LogP contribution in [0.25, 0.3) is 11.0 Å². The van der Waals surface area contributed by atoms with Crippen molar-refractivity contribution in [1.29, 1.82) is 0 Å². The van der Waals surface area contributed by atoms with Gasteiger partial charge in [-0.15, -0.1) is 6.58 Å². The second kappa shape index (κ2) is 10.3.